The van der Waals surface area contributed by atoms with Crippen LogP contribution in [-0.2, 0) is 0 Å². The molecule has 0 atom stereocenters. The standard InChI is InChI=1S/C17H27N3O/c1-13(2)7-8-19-9-11-20(12-10-19)17(21)16-14(3)5-4-6-15(16)18/h4-6,13H,7-12,18H2,1-3H3. The minimum Gasteiger partial charge on any atom is -0.398 e. The molecule has 0 aliphatic carbocycles. The van der Waals surface area contributed by atoms with E-state index in [1.807, 2.05) is 24.0 Å². The number of carbonyl (C=O) groups excluding carboxylic acids is 1. The lowest BCUT2D eigenvalue weighted by Gasteiger charge is -2.35. The Hall–Kier alpha value is -1.55. The first-order valence-electron chi connectivity index (χ1n) is 7.85. The van der Waals surface area contributed by atoms with Crippen molar-refractivity contribution >= 4 is 11.6 Å². The highest BCUT2D eigenvalue weighted by molar-refractivity contribution is 6.00. The first-order chi connectivity index (χ1) is 9.99. The smallest absolute Gasteiger partial charge is 0.256 e. The predicted molar refractivity (Wildman–Crippen MR) is 87.4 cm³/mol. The van der Waals surface area contributed by atoms with Gasteiger partial charge in [-0.15, -0.1) is 0 Å². The van der Waals surface area contributed by atoms with Crippen LogP contribution in [0.1, 0.15) is 36.2 Å². The number of nitrogen functional groups attached to an aromatic ring is 1. The van der Waals surface area contributed by atoms with E-state index >= 15 is 0 Å². The van der Waals surface area contributed by atoms with Gasteiger partial charge in [-0.3, -0.25) is 9.69 Å². The number of benzene rings is 1. The fourth-order valence-electron chi connectivity index (χ4n) is 2.76. The molecule has 1 aromatic carbocycles. The van der Waals surface area contributed by atoms with Gasteiger partial charge in [0, 0.05) is 31.9 Å². The van der Waals surface area contributed by atoms with Crippen LogP contribution in [0.2, 0.25) is 0 Å². The summed E-state index contributed by atoms with van der Waals surface area (Å²) in [5, 5.41) is 0. The number of nitrogens with two attached hydrogens (primary N) is 1. The monoisotopic (exact) mass is 289 g/mol. The van der Waals surface area contributed by atoms with E-state index in [1.54, 1.807) is 6.07 Å². The van der Waals surface area contributed by atoms with Gasteiger partial charge in [0.25, 0.3) is 5.91 Å². The first kappa shape index (κ1) is 15.8. The molecule has 2 N–H and O–H groups in total. The maximum atomic E-state index is 12.6. The summed E-state index contributed by atoms with van der Waals surface area (Å²) < 4.78 is 0. The summed E-state index contributed by atoms with van der Waals surface area (Å²) in [6.45, 7) is 11.1. The molecule has 1 aromatic rings. The average molecular weight is 289 g/mol. The summed E-state index contributed by atoms with van der Waals surface area (Å²) >= 11 is 0. The van der Waals surface area contributed by atoms with Crippen molar-refractivity contribution in [2.24, 2.45) is 5.92 Å². The summed E-state index contributed by atoms with van der Waals surface area (Å²) in [7, 11) is 0. The average Bonchev–Trinajstić information content (AvgIpc) is 2.45. The molecule has 0 unspecified atom stereocenters. The van der Waals surface area contributed by atoms with E-state index in [4.69, 9.17) is 5.73 Å². The molecular weight excluding hydrogens is 262 g/mol. The largest absolute Gasteiger partial charge is 0.398 e. The molecule has 1 aliphatic heterocycles. The lowest BCUT2D eigenvalue weighted by Crippen LogP contribution is -2.49. The number of nitrogens with zero attached hydrogens (tertiary/aromatic N) is 2. The molecule has 0 aromatic heterocycles. The van der Waals surface area contributed by atoms with E-state index < -0.39 is 0 Å². The quantitative estimate of drug-likeness (QED) is 0.866. The Morgan fingerprint density at radius 2 is 1.90 bits per heavy atom. The van der Waals surface area contributed by atoms with Crippen molar-refractivity contribution in [1.82, 2.24) is 9.80 Å². The number of amides is 1. The number of hydrogen-bond donors (Lipinski definition) is 1. The Labute approximate surface area is 127 Å². The predicted octanol–water partition coefficient (Wildman–Crippen LogP) is 2.38. The molecule has 4 heteroatoms. The number of aryl methyl sites for hydroxylation is 1. The van der Waals surface area contributed by atoms with Crippen molar-refractivity contribution in [3.8, 4) is 0 Å². The molecule has 0 bridgehead atoms. The highest BCUT2D eigenvalue weighted by Gasteiger charge is 2.24. The van der Waals surface area contributed by atoms with Gasteiger partial charge in [-0.2, -0.15) is 0 Å². The van der Waals surface area contributed by atoms with Crippen LogP contribution in [0.15, 0.2) is 18.2 Å². The third kappa shape index (κ3) is 3.97. The summed E-state index contributed by atoms with van der Waals surface area (Å²) in [6, 6.07) is 5.65. The van der Waals surface area contributed by atoms with Crippen LogP contribution >= 0.6 is 0 Å². The van der Waals surface area contributed by atoms with E-state index in [2.05, 4.69) is 18.7 Å². The first-order valence-corrected chi connectivity index (χ1v) is 7.85. The second-order valence-electron chi connectivity index (χ2n) is 6.36. The molecule has 0 spiro atoms. The lowest BCUT2D eigenvalue weighted by atomic mass is 10.0. The molecule has 0 radical (unpaired) electrons. The molecule has 116 valence electrons. The zero-order chi connectivity index (χ0) is 15.4. The Kier molecular flexibility index (Phi) is 5.23. The van der Waals surface area contributed by atoms with Gasteiger partial charge in [0.15, 0.2) is 0 Å². The molecule has 21 heavy (non-hydrogen) atoms. The van der Waals surface area contributed by atoms with E-state index in [0.29, 0.717) is 11.3 Å². The fourth-order valence-corrected chi connectivity index (χ4v) is 2.76. The van der Waals surface area contributed by atoms with Crippen LogP contribution < -0.4 is 5.73 Å². The number of anilines is 1. The molecule has 4 nitrogen and oxygen atoms in total. The minimum absolute atomic E-state index is 0.0779. The second-order valence-corrected chi connectivity index (χ2v) is 6.36. The van der Waals surface area contributed by atoms with Crippen LogP contribution in [0.3, 0.4) is 0 Å². The summed E-state index contributed by atoms with van der Waals surface area (Å²) in [5.41, 5.74) is 8.20. The molecule has 1 heterocycles. The zero-order valence-electron chi connectivity index (χ0n) is 13.4. The van der Waals surface area contributed by atoms with E-state index in [0.717, 1.165) is 44.2 Å². The van der Waals surface area contributed by atoms with Gasteiger partial charge in [0.1, 0.15) is 0 Å². The molecule has 1 aliphatic rings. The van der Waals surface area contributed by atoms with Crippen LogP contribution in [0.25, 0.3) is 0 Å². The second kappa shape index (κ2) is 6.94. The van der Waals surface area contributed by atoms with Crippen LogP contribution in [-0.4, -0.2) is 48.4 Å². The van der Waals surface area contributed by atoms with Crippen molar-refractivity contribution in [1.29, 1.82) is 0 Å². The zero-order valence-corrected chi connectivity index (χ0v) is 13.4. The third-order valence-electron chi connectivity index (χ3n) is 4.20. The maximum Gasteiger partial charge on any atom is 0.256 e. The number of carbonyl (C=O) groups is 1. The Morgan fingerprint density at radius 1 is 1.24 bits per heavy atom. The van der Waals surface area contributed by atoms with E-state index in [9.17, 15) is 4.79 Å². The Bertz CT molecular complexity index is 471. The number of hydrogen-bond acceptors (Lipinski definition) is 3. The Balaban J connectivity index is 1.94. The SMILES string of the molecule is Cc1cccc(N)c1C(=O)N1CCN(CCC(C)C)CC1. The van der Waals surface area contributed by atoms with Crippen molar-refractivity contribution in [3.05, 3.63) is 29.3 Å². The normalized spacial score (nSPS) is 16.5. The number of rotatable bonds is 4. The number of piperazine rings is 1. The summed E-state index contributed by atoms with van der Waals surface area (Å²) in [4.78, 5) is 17.0. The van der Waals surface area contributed by atoms with Gasteiger partial charge in [-0.05, 0) is 37.4 Å². The minimum atomic E-state index is 0.0779. The van der Waals surface area contributed by atoms with Crippen LogP contribution in [0.5, 0.6) is 0 Å². The van der Waals surface area contributed by atoms with Crippen LogP contribution in [0.4, 0.5) is 5.69 Å². The topological polar surface area (TPSA) is 49.6 Å². The fraction of sp³-hybridized carbons (Fsp3) is 0.588. The highest BCUT2D eigenvalue weighted by atomic mass is 16.2. The van der Waals surface area contributed by atoms with Gasteiger partial charge < -0.3 is 10.6 Å². The highest BCUT2D eigenvalue weighted by Crippen LogP contribution is 2.19. The van der Waals surface area contributed by atoms with Gasteiger partial charge >= 0.3 is 0 Å². The van der Waals surface area contributed by atoms with Gasteiger partial charge in [0.05, 0.1) is 5.56 Å². The van der Waals surface area contributed by atoms with E-state index in [-0.39, 0.29) is 5.91 Å². The van der Waals surface area contributed by atoms with E-state index in [1.165, 1.54) is 6.42 Å². The van der Waals surface area contributed by atoms with Crippen molar-refractivity contribution < 1.29 is 4.79 Å². The van der Waals surface area contributed by atoms with Gasteiger partial charge in [-0.1, -0.05) is 26.0 Å². The molecule has 1 fully saturated rings. The van der Waals surface area contributed by atoms with Gasteiger partial charge in [-0.25, -0.2) is 0 Å². The summed E-state index contributed by atoms with van der Waals surface area (Å²) in [5.74, 6) is 0.811. The van der Waals surface area contributed by atoms with Crippen LogP contribution in [0, 0.1) is 12.8 Å². The van der Waals surface area contributed by atoms with Crippen molar-refractivity contribution in [2.45, 2.75) is 27.2 Å². The molecule has 0 saturated carbocycles. The summed E-state index contributed by atoms with van der Waals surface area (Å²) in [6.07, 6.45) is 1.22. The third-order valence-corrected chi connectivity index (χ3v) is 4.20. The molecule has 1 saturated heterocycles. The van der Waals surface area contributed by atoms with Crippen molar-refractivity contribution in [3.63, 3.8) is 0 Å². The van der Waals surface area contributed by atoms with Gasteiger partial charge in [0.2, 0.25) is 0 Å². The lowest BCUT2D eigenvalue weighted by molar-refractivity contribution is 0.0632. The molecule has 1 amide bonds. The molecule has 2 rings (SSSR count). The molecular formula is C17H27N3O. The maximum absolute atomic E-state index is 12.6. The van der Waals surface area contributed by atoms with Crippen molar-refractivity contribution in [2.75, 3.05) is 38.5 Å². The Morgan fingerprint density at radius 3 is 2.48 bits per heavy atom.